The van der Waals surface area contributed by atoms with E-state index in [0.29, 0.717) is 28.2 Å². The molecule has 0 spiro atoms. The van der Waals surface area contributed by atoms with Crippen LogP contribution in [0.4, 0.5) is 0 Å². The summed E-state index contributed by atoms with van der Waals surface area (Å²) in [6.07, 6.45) is 2.49. The Morgan fingerprint density at radius 1 is 1.26 bits per heavy atom. The molecule has 0 aliphatic rings. The topological polar surface area (TPSA) is 65.7 Å². The molecule has 2 aromatic carbocycles. The highest BCUT2D eigenvalue weighted by Gasteiger charge is 2.23. The van der Waals surface area contributed by atoms with Gasteiger partial charge in [0.25, 0.3) is 5.56 Å². The molecule has 1 atom stereocenters. The highest BCUT2D eigenvalue weighted by atomic mass is 79.9. The first-order chi connectivity index (χ1) is 14.7. The monoisotopic (exact) mass is 485 g/mol. The molecule has 0 amide bonds. The first kappa shape index (κ1) is 23.0. The number of methoxy groups -OCH3 is 1. The lowest BCUT2D eigenvalue weighted by molar-refractivity contribution is 0.207. The summed E-state index contributed by atoms with van der Waals surface area (Å²) in [7, 11) is 1.60. The molecule has 31 heavy (non-hydrogen) atoms. The van der Waals surface area contributed by atoms with Gasteiger partial charge in [-0.15, -0.1) is 0 Å². The van der Waals surface area contributed by atoms with Gasteiger partial charge in [0.1, 0.15) is 5.82 Å². The van der Waals surface area contributed by atoms with E-state index in [1.54, 1.807) is 19.4 Å². The van der Waals surface area contributed by atoms with Crippen LogP contribution in [0.25, 0.3) is 10.9 Å². The average Bonchev–Trinajstić information content (AvgIpc) is 2.73. The molecule has 3 aromatic rings. The predicted octanol–water partition coefficient (Wildman–Crippen LogP) is 5.52. The second-order valence-corrected chi connectivity index (χ2v) is 9.34. The third-order valence-corrected chi connectivity index (χ3v) is 5.41. The van der Waals surface area contributed by atoms with Crippen LogP contribution >= 0.6 is 15.9 Å². The molecule has 0 bridgehead atoms. The molecular weight excluding hydrogens is 458 g/mol. The maximum atomic E-state index is 13.3. The molecule has 0 aliphatic carbocycles. The lowest BCUT2D eigenvalue weighted by Crippen LogP contribution is -2.29. The van der Waals surface area contributed by atoms with Crippen LogP contribution in [-0.2, 0) is 5.41 Å². The number of benzene rings is 2. The summed E-state index contributed by atoms with van der Waals surface area (Å²) in [5.74, 6) is 1.80. The van der Waals surface area contributed by atoms with E-state index in [0.717, 1.165) is 16.5 Å². The summed E-state index contributed by atoms with van der Waals surface area (Å²) in [5, 5.41) is 5.06. The van der Waals surface area contributed by atoms with Crippen LogP contribution < -0.4 is 15.0 Å². The Bertz CT molecular complexity index is 1180. The van der Waals surface area contributed by atoms with Gasteiger partial charge in [-0.05, 0) is 43.7 Å². The average molecular weight is 486 g/mol. The van der Waals surface area contributed by atoms with Crippen molar-refractivity contribution in [2.75, 3.05) is 7.11 Å². The Balaban J connectivity index is 2.20. The number of hydrogen-bond acceptors (Lipinski definition) is 5. The second-order valence-electron chi connectivity index (χ2n) is 8.42. The molecule has 0 N–H and O–H groups in total. The summed E-state index contributed by atoms with van der Waals surface area (Å²) in [6, 6.07) is 11.1. The summed E-state index contributed by atoms with van der Waals surface area (Å²) in [5.41, 5.74) is 0.759. The van der Waals surface area contributed by atoms with Crippen molar-refractivity contribution >= 4 is 33.0 Å². The highest BCUT2D eigenvalue weighted by molar-refractivity contribution is 9.10. The van der Waals surface area contributed by atoms with Gasteiger partial charge in [0.05, 0.1) is 30.3 Å². The minimum Gasteiger partial charge on any atom is -0.493 e. The maximum Gasteiger partial charge on any atom is 0.282 e. The van der Waals surface area contributed by atoms with Crippen LogP contribution in [0.1, 0.15) is 52.4 Å². The van der Waals surface area contributed by atoms with Crippen molar-refractivity contribution in [1.82, 2.24) is 9.66 Å². The van der Waals surface area contributed by atoms with Crippen LogP contribution in [0.2, 0.25) is 0 Å². The Morgan fingerprint density at radius 3 is 2.65 bits per heavy atom. The van der Waals surface area contributed by atoms with Gasteiger partial charge in [-0.1, -0.05) is 49.7 Å². The Labute approximate surface area is 191 Å². The zero-order valence-electron chi connectivity index (χ0n) is 18.8. The van der Waals surface area contributed by atoms with E-state index in [1.165, 1.54) is 4.68 Å². The van der Waals surface area contributed by atoms with Crippen molar-refractivity contribution in [3.05, 3.63) is 62.6 Å². The molecule has 0 radical (unpaired) electrons. The van der Waals surface area contributed by atoms with Crippen LogP contribution in [0.3, 0.4) is 0 Å². The zero-order chi connectivity index (χ0) is 22.8. The lowest BCUT2D eigenvalue weighted by Gasteiger charge is -2.21. The third kappa shape index (κ3) is 4.98. The maximum absolute atomic E-state index is 13.3. The summed E-state index contributed by atoms with van der Waals surface area (Å²) in [4.78, 5) is 18.1. The minimum atomic E-state index is -0.387. The summed E-state index contributed by atoms with van der Waals surface area (Å²) < 4.78 is 13.8. The van der Waals surface area contributed by atoms with Gasteiger partial charge in [0, 0.05) is 15.5 Å². The summed E-state index contributed by atoms with van der Waals surface area (Å²) in [6.45, 7) is 10.1. The van der Waals surface area contributed by atoms with Crippen LogP contribution in [0.15, 0.2) is 50.8 Å². The largest absolute Gasteiger partial charge is 0.493 e. The fourth-order valence-electron chi connectivity index (χ4n) is 3.07. The van der Waals surface area contributed by atoms with Crippen LogP contribution in [-0.4, -0.2) is 29.1 Å². The van der Waals surface area contributed by atoms with Crippen molar-refractivity contribution in [1.29, 1.82) is 0 Å². The minimum absolute atomic E-state index is 0.0102. The molecule has 3 rings (SSSR count). The molecule has 0 saturated heterocycles. The quantitative estimate of drug-likeness (QED) is 0.430. The molecule has 0 unspecified atom stereocenters. The number of para-hydroxylation sites is 1. The van der Waals surface area contributed by atoms with E-state index in [-0.39, 0.29) is 17.1 Å². The fourth-order valence-corrected chi connectivity index (χ4v) is 3.43. The number of halogens is 1. The number of nitrogens with zero attached hydrogens (tertiary/aromatic N) is 3. The van der Waals surface area contributed by atoms with Gasteiger partial charge < -0.3 is 9.47 Å². The first-order valence-corrected chi connectivity index (χ1v) is 11.1. The van der Waals surface area contributed by atoms with Crippen LogP contribution in [0, 0.1) is 0 Å². The molecule has 0 aliphatic heterocycles. The van der Waals surface area contributed by atoms with Crippen molar-refractivity contribution in [2.24, 2.45) is 5.10 Å². The van der Waals surface area contributed by atoms with Gasteiger partial charge in [0.15, 0.2) is 11.5 Å². The number of aromatic nitrogens is 2. The zero-order valence-corrected chi connectivity index (χ0v) is 20.4. The van der Waals surface area contributed by atoms with Crippen LogP contribution in [0.5, 0.6) is 11.5 Å². The number of fused-ring (bicyclic) bond motifs is 1. The molecular formula is C24H28BrN3O3. The van der Waals surface area contributed by atoms with E-state index in [1.807, 2.05) is 58.0 Å². The van der Waals surface area contributed by atoms with Crippen molar-refractivity contribution in [3.8, 4) is 11.5 Å². The van der Waals surface area contributed by atoms with E-state index in [4.69, 9.17) is 14.5 Å². The van der Waals surface area contributed by atoms with Gasteiger partial charge in [-0.3, -0.25) is 4.79 Å². The third-order valence-electron chi connectivity index (χ3n) is 4.91. The fraction of sp³-hybridized carbons (Fsp3) is 0.375. The standard InChI is InChI=1S/C24H28BrN3O3/c1-7-15(2)31-21-16(9-8-10-20(21)30-6)14-26-28-22(29)18-13-17(25)11-12-19(18)27-23(28)24(3,4)5/h8-15H,7H2,1-6H3/t15-/m1/s1. The predicted molar refractivity (Wildman–Crippen MR) is 129 cm³/mol. The van der Waals surface area contributed by atoms with E-state index >= 15 is 0 Å². The molecule has 7 heteroatoms. The molecule has 0 saturated carbocycles. The normalized spacial score (nSPS) is 13.0. The molecule has 0 fully saturated rings. The SMILES string of the molecule is CC[C@@H](C)Oc1c(C=Nn2c(C(C)(C)C)nc3ccc(Br)cc3c2=O)cccc1OC. The summed E-state index contributed by atoms with van der Waals surface area (Å²) >= 11 is 3.44. The van der Waals surface area contributed by atoms with Gasteiger partial charge in [0.2, 0.25) is 0 Å². The van der Waals surface area contributed by atoms with Gasteiger partial charge in [-0.25, -0.2) is 4.98 Å². The number of ether oxygens (including phenoxy) is 2. The molecule has 164 valence electrons. The highest BCUT2D eigenvalue weighted by Crippen LogP contribution is 2.31. The van der Waals surface area contributed by atoms with Crippen molar-refractivity contribution in [2.45, 2.75) is 52.6 Å². The Hall–Kier alpha value is -2.67. The molecule has 1 heterocycles. The van der Waals surface area contributed by atoms with E-state index in [9.17, 15) is 4.79 Å². The van der Waals surface area contributed by atoms with E-state index in [2.05, 4.69) is 28.0 Å². The van der Waals surface area contributed by atoms with Crippen molar-refractivity contribution < 1.29 is 9.47 Å². The molecule has 6 nitrogen and oxygen atoms in total. The van der Waals surface area contributed by atoms with Gasteiger partial charge >= 0.3 is 0 Å². The van der Waals surface area contributed by atoms with Crippen molar-refractivity contribution in [3.63, 3.8) is 0 Å². The number of hydrogen-bond donors (Lipinski definition) is 0. The lowest BCUT2D eigenvalue weighted by atomic mass is 9.95. The second kappa shape index (κ2) is 9.22. The molecule has 1 aromatic heterocycles. The first-order valence-electron chi connectivity index (χ1n) is 10.3. The van der Waals surface area contributed by atoms with Gasteiger partial charge in [-0.2, -0.15) is 9.78 Å². The number of rotatable bonds is 6. The smallest absolute Gasteiger partial charge is 0.282 e. The Morgan fingerprint density at radius 2 is 2.00 bits per heavy atom. The van der Waals surface area contributed by atoms with E-state index < -0.39 is 0 Å². The Kier molecular flexibility index (Phi) is 6.84.